The smallest absolute Gasteiger partial charge is 0.191 e. The molecule has 0 aromatic heterocycles. The zero-order valence-corrected chi connectivity index (χ0v) is 21.9. The van der Waals surface area contributed by atoms with E-state index in [1.807, 2.05) is 7.05 Å². The first-order chi connectivity index (χ1) is 14.1. The lowest BCUT2D eigenvalue weighted by atomic mass is 9.99. The Labute approximate surface area is 204 Å². The van der Waals surface area contributed by atoms with Crippen molar-refractivity contribution in [2.75, 3.05) is 45.6 Å². The molecule has 1 aromatic carbocycles. The van der Waals surface area contributed by atoms with Crippen molar-refractivity contribution in [3.8, 4) is 0 Å². The lowest BCUT2D eigenvalue weighted by Gasteiger charge is -2.37. The number of hydrogen-bond acceptors (Lipinski definition) is 4. The highest BCUT2D eigenvalue weighted by atomic mass is 127. The van der Waals surface area contributed by atoms with E-state index in [0.717, 1.165) is 76.8 Å². The molecule has 3 rings (SSSR count). The summed E-state index contributed by atoms with van der Waals surface area (Å²) in [5, 5.41) is 7.29. The number of rotatable bonds is 7. The van der Waals surface area contributed by atoms with Crippen LogP contribution in [0.3, 0.4) is 0 Å². The number of halogens is 1. The summed E-state index contributed by atoms with van der Waals surface area (Å²) in [6, 6.07) is 9.37. The van der Waals surface area contributed by atoms with Gasteiger partial charge in [-0.25, -0.2) is 0 Å². The van der Waals surface area contributed by atoms with E-state index in [9.17, 15) is 0 Å². The number of nitrogens with one attached hydrogen (secondary N) is 2. The number of ether oxygens (including phenoxy) is 1. The van der Waals surface area contributed by atoms with Crippen LogP contribution in [0.1, 0.15) is 43.7 Å². The second kappa shape index (κ2) is 13.1. The molecule has 0 unspecified atom stereocenters. The van der Waals surface area contributed by atoms with Gasteiger partial charge >= 0.3 is 0 Å². The monoisotopic (exact) mass is 546 g/mol. The van der Waals surface area contributed by atoms with E-state index in [4.69, 9.17) is 4.74 Å². The number of guanidine groups is 1. The van der Waals surface area contributed by atoms with Crippen molar-refractivity contribution < 1.29 is 4.74 Å². The first-order valence-electron chi connectivity index (χ1n) is 11.1. The molecule has 2 fully saturated rings. The maximum Gasteiger partial charge on any atom is 0.191 e. The topological polar surface area (TPSA) is 48.9 Å². The summed E-state index contributed by atoms with van der Waals surface area (Å²) in [5.74, 6) is 2.09. The Morgan fingerprint density at radius 3 is 2.63 bits per heavy atom. The Bertz CT molecular complexity index is 653. The van der Waals surface area contributed by atoms with Crippen molar-refractivity contribution in [2.45, 2.75) is 56.9 Å². The van der Waals surface area contributed by atoms with Gasteiger partial charge in [-0.15, -0.1) is 24.0 Å². The van der Waals surface area contributed by atoms with Gasteiger partial charge in [-0.2, -0.15) is 11.8 Å². The van der Waals surface area contributed by atoms with E-state index >= 15 is 0 Å². The van der Waals surface area contributed by atoms with Gasteiger partial charge in [0, 0.05) is 57.2 Å². The summed E-state index contributed by atoms with van der Waals surface area (Å²) in [4.78, 5) is 7.06. The van der Waals surface area contributed by atoms with Crippen molar-refractivity contribution in [3.63, 3.8) is 0 Å². The average Bonchev–Trinajstić information content (AvgIpc) is 2.73. The average molecular weight is 547 g/mol. The van der Waals surface area contributed by atoms with Crippen LogP contribution in [0.5, 0.6) is 0 Å². The van der Waals surface area contributed by atoms with Crippen LogP contribution < -0.4 is 10.6 Å². The molecular weight excluding hydrogens is 507 g/mol. The third-order valence-electron chi connectivity index (χ3n) is 6.07. The third-order valence-corrected chi connectivity index (χ3v) is 7.53. The van der Waals surface area contributed by atoms with Crippen LogP contribution in [0.2, 0.25) is 0 Å². The van der Waals surface area contributed by atoms with Crippen molar-refractivity contribution in [1.29, 1.82) is 0 Å². The molecule has 0 amide bonds. The summed E-state index contributed by atoms with van der Waals surface area (Å²) in [6.45, 7) is 10.5. The maximum absolute atomic E-state index is 5.59. The summed E-state index contributed by atoms with van der Waals surface area (Å²) in [7, 11) is 1.88. The highest BCUT2D eigenvalue weighted by Gasteiger charge is 2.33. The lowest BCUT2D eigenvalue weighted by molar-refractivity contribution is 0.0781. The molecule has 0 aliphatic carbocycles. The number of nitrogens with zero attached hydrogens (tertiary/aromatic N) is 2. The fourth-order valence-corrected chi connectivity index (χ4v) is 5.60. The molecule has 5 nitrogen and oxygen atoms in total. The third kappa shape index (κ3) is 7.88. The Balaban J connectivity index is 0.00000320. The molecule has 2 N–H and O–H groups in total. The molecule has 0 atom stereocenters. The molecule has 2 saturated heterocycles. The fourth-order valence-electron chi connectivity index (χ4n) is 4.36. The van der Waals surface area contributed by atoms with E-state index in [1.165, 1.54) is 11.1 Å². The van der Waals surface area contributed by atoms with Crippen LogP contribution in [0.4, 0.5) is 0 Å². The molecule has 0 radical (unpaired) electrons. The van der Waals surface area contributed by atoms with E-state index in [-0.39, 0.29) is 28.7 Å². The summed E-state index contributed by atoms with van der Waals surface area (Å²) in [5.41, 5.74) is 2.77. The molecule has 0 spiro atoms. The molecule has 2 heterocycles. The van der Waals surface area contributed by atoms with Gasteiger partial charge < -0.3 is 15.4 Å². The molecule has 2 aliphatic heterocycles. The van der Waals surface area contributed by atoms with Gasteiger partial charge in [0.15, 0.2) is 5.96 Å². The number of likely N-dealkylation sites (tertiary alicyclic amines) is 1. The maximum atomic E-state index is 5.59. The molecule has 30 heavy (non-hydrogen) atoms. The van der Waals surface area contributed by atoms with Crippen molar-refractivity contribution in [2.24, 2.45) is 4.99 Å². The summed E-state index contributed by atoms with van der Waals surface area (Å²) in [6.07, 6.45) is 4.56. The molecule has 7 heteroatoms. The SMILES string of the molecule is CCSC1(CNC(=NC)NC2CCN(Cc3cccc(C)c3)CC2)CCOCC1.I. The normalized spacial score (nSPS) is 20.4. The minimum atomic E-state index is 0. The second-order valence-corrected chi connectivity index (χ2v) is 10.1. The Kier molecular flexibility index (Phi) is 11.3. The lowest BCUT2D eigenvalue weighted by Crippen LogP contribution is -2.52. The number of benzene rings is 1. The van der Waals surface area contributed by atoms with Crippen molar-refractivity contribution in [3.05, 3.63) is 35.4 Å². The molecule has 1 aromatic rings. The van der Waals surface area contributed by atoms with Crippen LogP contribution in [-0.2, 0) is 11.3 Å². The number of piperidine rings is 1. The first-order valence-corrected chi connectivity index (χ1v) is 12.1. The fraction of sp³-hybridized carbons (Fsp3) is 0.696. The first kappa shape index (κ1) is 25.7. The standard InChI is InChI=1S/C23H38N4OS.HI/c1-4-29-23(10-14-28-15-11-23)18-25-22(24-3)26-21-8-12-27(13-9-21)17-20-7-5-6-19(2)16-20;/h5-7,16,21H,4,8-15,17-18H2,1-3H3,(H2,24,25,26);1H. The van der Waals surface area contributed by atoms with E-state index in [0.29, 0.717) is 6.04 Å². The van der Waals surface area contributed by atoms with Gasteiger partial charge in [-0.05, 0) is 43.9 Å². The number of thioether (sulfide) groups is 1. The second-order valence-electron chi connectivity index (χ2n) is 8.34. The van der Waals surface area contributed by atoms with Crippen LogP contribution in [0.25, 0.3) is 0 Å². The van der Waals surface area contributed by atoms with E-state index in [2.05, 4.69) is 70.4 Å². The highest BCUT2D eigenvalue weighted by molar-refractivity contribution is 14.0. The van der Waals surface area contributed by atoms with Crippen LogP contribution in [0.15, 0.2) is 29.3 Å². The zero-order valence-electron chi connectivity index (χ0n) is 18.8. The summed E-state index contributed by atoms with van der Waals surface area (Å²) < 4.78 is 5.87. The van der Waals surface area contributed by atoms with Gasteiger partial charge in [0.2, 0.25) is 0 Å². The molecule has 2 aliphatic rings. The Hall–Kier alpha value is -0.510. The number of hydrogen-bond donors (Lipinski definition) is 2. The van der Waals surface area contributed by atoms with Gasteiger partial charge in [-0.1, -0.05) is 36.8 Å². The number of aliphatic imine (C=N–C) groups is 1. The minimum absolute atomic E-state index is 0. The van der Waals surface area contributed by atoms with E-state index < -0.39 is 0 Å². The van der Waals surface area contributed by atoms with Crippen molar-refractivity contribution >= 4 is 41.7 Å². The van der Waals surface area contributed by atoms with Crippen molar-refractivity contribution in [1.82, 2.24) is 15.5 Å². The predicted molar refractivity (Wildman–Crippen MR) is 140 cm³/mol. The van der Waals surface area contributed by atoms with E-state index in [1.54, 1.807) is 0 Å². The quantitative estimate of drug-likeness (QED) is 0.307. The summed E-state index contributed by atoms with van der Waals surface area (Å²) >= 11 is 2.07. The van der Waals surface area contributed by atoms with Gasteiger partial charge in [0.1, 0.15) is 0 Å². The molecular formula is C23H39IN4OS. The Morgan fingerprint density at radius 2 is 2.00 bits per heavy atom. The van der Waals surface area contributed by atoms with Gasteiger partial charge in [0.05, 0.1) is 0 Å². The van der Waals surface area contributed by atoms with Gasteiger partial charge in [-0.3, -0.25) is 9.89 Å². The molecule has 0 saturated carbocycles. The highest BCUT2D eigenvalue weighted by Crippen LogP contribution is 2.34. The van der Waals surface area contributed by atoms with Crippen LogP contribution in [-0.4, -0.2) is 67.3 Å². The van der Waals surface area contributed by atoms with Crippen LogP contribution in [0, 0.1) is 6.92 Å². The molecule has 0 bridgehead atoms. The minimum Gasteiger partial charge on any atom is -0.381 e. The predicted octanol–water partition coefficient (Wildman–Crippen LogP) is 4.04. The van der Waals surface area contributed by atoms with Crippen LogP contribution >= 0.6 is 35.7 Å². The zero-order chi connectivity index (χ0) is 20.5. The Morgan fingerprint density at radius 1 is 1.27 bits per heavy atom. The van der Waals surface area contributed by atoms with Gasteiger partial charge in [0.25, 0.3) is 0 Å². The largest absolute Gasteiger partial charge is 0.381 e. The number of aryl methyl sites for hydroxylation is 1. The molecule has 170 valence electrons.